The smallest absolute Gasteiger partial charge is 0.0406 e. The summed E-state index contributed by atoms with van der Waals surface area (Å²) in [6, 6.07) is 16.3. The number of allylic oxidation sites excluding steroid dienone is 2. The van der Waals surface area contributed by atoms with Gasteiger partial charge < -0.3 is 0 Å². The van der Waals surface area contributed by atoms with Gasteiger partial charge in [0, 0.05) is 10.0 Å². The summed E-state index contributed by atoms with van der Waals surface area (Å²) < 4.78 is 0. The predicted molar refractivity (Wildman–Crippen MR) is 93.3 cm³/mol. The molecule has 2 aromatic rings. The normalized spacial score (nSPS) is 14.3. The molecule has 2 aromatic carbocycles. The fourth-order valence-corrected chi connectivity index (χ4v) is 2.88. The Morgan fingerprint density at radius 1 is 0.905 bits per heavy atom. The Hall–Kier alpha value is -1.24. The summed E-state index contributed by atoms with van der Waals surface area (Å²) in [5.41, 5.74) is 2.62. The van der Waals surface area contributed by atoms with Gasteiger partial charge in [0.1, 0.15) is 0 Å². The lowest BCUT2D eigenvalue weighted by Crippen LogP contribution is -2.11. The van der Waals surface area contributed by atoms with Gasteiger partial charge in [0.2, 0.25) is 0 Å². The highest BCUT2D eigenvalue weighted by Gasteiger charge is 2.18. The van der Waals surface area contributed by atoms with E-state index in [1.807, 2.05) is 24.3 Å². The van der Waals surface area contributed by atoms with Crippen molar-refractivity contribution >= 4 is 23.2 Å². The van der Waals surface area contributed by atoms with Crippen molar-refractivity contribution in [3.05, 3.63) is 81.9 Å². The highest BCUT2D eigenvalue weighted by Crippen LogP contribution is 2.30. The molecule has 0 aromatic heterocycles. The molecule has 0 amide bonds. The van der Waals surface area contributed by atoms with Crippen LogP contribution in [-0.4, -0.2) is 0 Å². The SMILES string of the molecule is C/C=C\C(C)[C@H](Cc1ccc(Cl)cc1)c1ccc(Cl)cc1. The van der Waals surface area contributed by atoms with E-state index in [9.17, 15) is 0 Å². The van der Waals surface area contributed by atoms with Gasteiger partial charge in [-0.3, -0.25) is 0 Å². The van der Waals surface area contributed by atoms with Crippen molar-refractivity contribution in [3.63, 3.8) is 0 Å². The molecule has 0 aliphatic carbocycles. The maximum absolute atomic E-state index is 6.01. The maximum Gasteiger partial charge on any atom is 0.0406 e. The molecule has 21 heavy (non-hydrogen) atoms. The number of rotatable bonds is 5. The van der Waals surface area contributed by atoms with E-state index < -0.39 is 0 Å². The molecule has 0 saturated heterocycles. The van der Waals surface area contributed by atoms with Crippen LogP contribution >= 0.6 is 23.2 Å². The summed E-state index contributed by atoms with van der Waals surface area (Å²) >= 11 is 12.0. The topological polar surface area (TPSA) is 0 Å². The van der Waals surface area contributed by atoms with Crippen LogP contribution in [0.15, 0.2) is 60.7 Å². The van der Waals surface area contributed by atoms with Gasteiger partial charge in [0.05, 0.1) is 0 Å². The molecule has 2 heteroatoms. The maximum atomic E-state index is 6.01. The second kappa shape index (κ2) is 7.68. The Kier molecular flexibility index (Phi) is 5.90. The average molecular weight is 319 g/mol. The van der Waals surface area contributed by atoms with E-state index in [2.05, 4.69) is 50.3 Å². The van der Waals surface area contributed by atoms with Crippen molar-refractivity contribution in [3.8, 4) is 0 Å². The zero-order chi connectivity index (χ0) is 15.2. The molecule has 0 saturated carbocycles. The molecule has 0 fully saturated rings. The third-order valence-corrected chi connectivity index (χ3v) is 4.30. The molecule has 0 nitrogen and oxygen atoms in total. The molecule has 1 unspecified atom stereocenters. The van der Waals surface area contributed by atoms with Crippen molar-refractivity contribution in [2.24, 2.45) is 5.92 Å². The van der Waals surface area contributed by atoms with Crippen molar-refractivity contribution in [1.29, 1.82) is 0 Å². The quantitative estimate of drug-likeness (QED) is 0.549. The molecule has 110 valence electrons. The first kappa shape index (κ1) is 16.1. The number of hydrogen-bond acceptors (Lipinski definition) is 0. The minimum absolute atomic E-state index is 0.430. The largest absolute Gasteiger partial charge is 0.0914 e. The Balaban J connectivity index is 2.27. The van der Waals surface area contributed by atoms with Crippen LogP contribution < -0.4 is 0 Å². The lowest BCUT2D eigenvalue weighted by molar-refractivity contribution is 0.543. The zero-order valence-electron chi connectivity index (χ0n) is 12.4. The monoisotopic (exact) mass is 318 g/mol. The minimum atomic E-state index is 0.430. The minimum Gasteiger partial charge on any atom is -0.0914 e. The Bertz CT molecular complexity index is 582. The van der Waals surface area contributed by atoms with E-state index >= 15 is 0 Å². The van der Waals surface area contributed by atoms with E-state index in [-0.39, 0.29) is 0 Å². The highest BCUT2D eigenvalue weighted by molar-refractivity contribution is 6.30. The van der Waals surface area contributed by atoms with Crippen LogP contribution in [0.3, 0.4) is 0 Å². The third kappa shape index (κ3) is 4.62. The van der Waals surface area contributed by atoms with Crippen molar-refractivity contribution in [2.75, 3.05) is 0 Å². The molecular weight excluding hydrogens is 299 g/mol. The highest BCUT2D eigenvalue weighted by atomic mass is 35.5. The molecule has 0 spiro atoms. The van der Waals surface area contributed by atoms with Gasteiger partial charge in [-0.1, -0.05) is 66.5 Å². The van der Waals surface area contributed by atoms with Gasteiger partial charge in [-0.05, 0) is 60.6 Å². The van der Waals surface area contributed by atoms with Gasteiger partial charge in [-0.2, -0.15) is 0 Å². The standard InChI is InChI=1S/C19H20Cl2/c1-3-4-14(2)19(16-7-11-18(21)12-8-16)13-15-5-9-17(20)10-6-15/h3-12,14,19H,13H2,1-2H3/b4-3-/t14?,19-/m0/s1. The summed E-state index contributed by atoms with van der Waals surface area (Å²) in [7, 11) is 0. The lowest BCUT2D eigenvalue weighted by Gasteiger charge is -2.22. The Labute approximate surface area is 137 Å². The number of halogens is 2. The Morgan fingerprint density at radius 2 is 1.43 bits per heavy atom. The van der Waals surface area contributed by atoms with Crippen molar-refractivity contribution in [1.82, 2.24) is 0 Å². The fraction of sp³-hybridized carbons (Fsp3) is 0.263. The summed E-state index contributed by atoms with van der Waals surface area (Å²) in [5, 5.41) is 1.56. The molecule has 0 N–H and O–H groups in total. The van der Waals surface area contributed by atoms with Crippen LogP contribution in [0.1, 0.15) is 30.9 Å². The van der Waals surface area contributed by atoms with E-state index in [4.69, 9.17) is 23.2 Å². The first-order valence-corrected chi connectivity index (χ1v) is 7.98. The number of hydrogen-bond donors (Lipinski definition) is 0. The molecule has 2 rings (SSSR count). The summed E-state index contributed by atoms with van der Waals surface area (Å²) in [6.45, 7) is 4.33. The van der Waals surface area contributed by atoms with Crippen molar-refractivity contribution < 1.29 is 0 Å². The van der Waals surface area contributed by atoms with Crippen LogP contribution in [0, 0.1) is 5.92 Å². The van der Waals surface area contributed by atoms with Crippen LogP contribution in [-0.2, 0) is 6.42 Å². The van der Waals surface area contributed by atoms with Crippen LogP contribution in [0.4, 0.5) is 0 Å². The third-order valence-electron chi connectivity index (χ3n) is 3.80. The van der Waals surface area contributed by atoms with Gasteiger partial charge >= 0.3 is 0 Å². The summed E-state index contributed by atoms with van der Waals surface area (Å²) in [6.07, 6.45) is 5.37. The van der Waals surface area contributed by atoms with Crippen molar-refractivity contribution in [2.45, 2.75) is 26.2 Å². The van der Waals surface area contributed by atoms with Crippen LogP contribution in [0.25, 0.3) is 0 Å². The van der Waals surface area contributed by atoms with Gasteiger partial charge in [0.25, 0.3) is 0 Å². The predicted octanol–water partition coefficient (Wildman–Crippen LogP) is 6.53. The molecule has 2 atom stereocenters. The van der Waals surface area contributed by atoms with Gasteiger partial charge in [-0.15, -0.1) is 0 Å². The Morgan fingerprint density at radius 3 is 1.95 bits per heavy atom. The molecule has 0 radical (unpaired) electrons. The van der Waals surface area contributed by atoms with E-state index in [1.165, 1.54) is 11.1 Å². The van der Waals surface area contributed by atoms with Crippen LogP contribution in [0.5, 0.6) is 0 Å². The van der Waals surface area contributed by atoms with E-state index in [1.54, 1.807) is 0 Å². The molecule has 0 bridgehead atoms. The van der Waals surface area contributed by atoms with E-state index in [0.717, 1.165) is 16.5 Å². The lowest BCUT2D eigenvalue weighted by atomic mass is 9.82. The zero-order valence-corrected chi connectivity index (χ0v) is 13.9. The molecule has 0 heterocycles. The molecule has 0 aliphatic rings. The number of benzene rings is 2. The first-order chi connectivity index (χ1) is 10.1. The van der Waals surface area contributed by atoms with Crippen LogP contribution in [0.2, 0.25) is 10.0 Å². The second-order valence-corrected chi connectivity index (χ2v) is 6.25. The second-order valence-electron chi connectivity index (χ2n) is 5.37. The summed E-state index contributed by atoms with van der Waals surface area (Å²) in [4.78, 5) is 0. The molecular formula is C19H20Cl2. The van der Waals surface area contributed by atoms with Gasteiger partial charge in [0.15, 0.2) is 0 Å². The first-order valence-electron chi connectivity index (χ1n) is 7.23. The summed E-state index contributed by atoms with van der Waals surface area (Å²) in [5.74, 6) is 0.895. The van der Waals surface area contributed by atoms with E-state index in [0.29, 0.717) is 11.8 Å². The fourth-order valence-electron chi connectivity index (χ4n) is 2.63. The average Bonchev–Trinajstić information content (AvgIpc) is 2.48. The molecule has 0 aliphatic heterocycles. The van der Waals surface area contributed by atoms with Gasteiger partial charge in [-0.25, -0.2) is 0 Å².